The highest BCUT2D eigenvalue weighted by Gasteiger charge is 2.59. The van der Waals surface area contributed by atoms with Crippen LogP contribution in [0.4, 0.5) is 5.69 Å². The van der Waals surface area contributed by atoms with E-state index in [2.05, 4.69) is 15.7 Å². The van der Waals surface area contributed by atoms with Crippen LogP contribution in [0.5, 0.6) is 0 Å². The van der Waals surface area contributed by atoms with Crippen molar-refractivity contribution in [1.29, 1.82) is 0 Å². The molecule has 4 saturated carbocycles. The number of rotatable bonds is 5. The van der Waals surface area contributed by atoms with E-state index in [4.69, 9.17) is 11.6 Å². The van der Waals surface area contributed by atoms with Crippen molar-refractivity contribution < 1.29 is 4.79 Å². The molecule has 3 unspecified atom stereocenters. The van der Waals surface area contributed by atoms with Crippen LogP contribution in [-0.2, 0) is 10.3 Å². The molecule has 0 radical (unpaired) electrons. The first-order valence-electron chi connectivity index (χ1n) is 11.2. The van der Waals surface area contributed by atoms with Gasteiger partial charge in [0.25, 0.3) is 5.56 Å². The Balaban J connectivity index is 1.47. The highest BCUT2D eigenvalue weighted by atomic mass is 35.5. The summed E-state index contributed by atoms with van der Waals surface area (Å²) in [6.45, 7) is 3.62. The van der Waals surface area contributed by atoms with Crippen LogP contribution < -0.4 is 16.2 Å². The third-order valence-corrected chi connectivity index (χ3v) is 7.88. The smallest absolute Gasteiger partial charge is 0.288 e. The molecule has 0 spiro atoms. The Bertz CT molecular complexity index is 1050. The molecule has 6 rings (SSSR count). The van der Waals surface area contributed by atoms with Crippen molar-refractivity contribution in [3.05, 3.63) is 57.5 Å². The molecule has 2 N–H and O–H groups in total. The zero-order chi connectivity index (χ0) is 21.8. The first kappa shape index (κ1) is 20.6. The van der Waals surface area contributed by atoms with Gasteiger partial charge in [-0.05, 0) is 62.8 Å². The number of amides is 1. The van der Waals surface area contributed by atoms with Gasteiger partial charge in [0.15, 0.2) is 0 Å². The number of hydrogen-bond donors (Lipinski definition) is 2. The zero-order valence-corrected chi connectivity index (χ0v) is 18.8. The monoisotopic (exact) mass is 440 g/mol. The average Bonchev–Trinajstić information content (AvgIpc) is 2.70. The van der Waals surface area contributed by atoms with Crippen molar-refractivity contribution in [1.82, 2.24) is 15.1 Å². The van der Waals surface area contributed by atoms with Gasteiger partial charge in [-0.15, -0.1) is 0 Å². The van der Waals surface area contributed by atoms with Crippen LogP contribution in [0.25, 0.3) is 0 Å². The van der Waals surface area contributed by atoms with E-state index < -0.39 is 0 Å². The molecule has 6 nitrogen and oxygen atoms in total. The molecular formula is C24H29ClN4O2. The molecule has 0 saturated heterocycles. The van der Waals surface area contributed by atoms with Gasteiger partial charge in [0.1, 0.15) is 5.02 Å². The summed E-state index contributed by atoms with van der Waals surface area (Å²) in [4.78, 5) is 25.3. The second-order valence-corrected chi connectivity index (χ2v) is 10.4. The number of nitrogens with zero attached hydrogens (tertiary/aromatic N) is 2. The summed E-state index contributed by atoms with van der Waals surface area (Å²) >= 11 is 6.58. The van der Waals surface area contributed by atoms with E-state index in [1.54, 1.807) is 17.8 Å². The maximum Gasteiger partial charge on any atom is 0.288 e. The fraction of sp³-hybridized carbons (Fsp3) is 0.542. The van der Waals surface area contributed by atoms with Gasteiger partial charge in [-0.25, -0.2) is 4.68 Å². The number of carbonyl (C=O) groups is 1. The van der Waals surface area contributed by atoms with Gasteiger partial charge in [-0.1, -0.05) is 41.9 Å². The molecule has 7 heteroatoms. The number of aromatic nitrogens is 2. The minimum Gasteiger partial charge on any atom is -0.376 e. The molecule has 4 aliphatic rings. The average molecular weight is 441 g/mol. The molecule has 1 aromatic heterocycles. The largest absolute Gasteiger partial charge is 0.376 e. The fourth-order valence-corrected chi connectivity index (χ4v) is 7.09. The lowest BCUT2D eigenvalue weighted by atomic mass is 9.50. The summed E-state index contributed by atoms with van der Waals surface area (Å²) in [5.41, 5.74) is 0.840. The van der Waals surface area contributed by atoms with Crippen LogP contribution in [0.1, 0.15) is 64.0 Å². The van der Waals surface area contributed by atoms with Gasteiger partial charge in [0.2, 0.25) is 5.91 Å². The normalized spacial score (nSPS) is 32.0. The maximum atomic E-state index is 13.4. The topological polar surface area (TPSA) is 76.0 Å². The highest BCUT2D eigenvalue weighted by Crippen LogP contribution is 2.60. The number of benzene rings is 1. The lowest BCUT2D eigenvalue weighted by Crippen LogP contribution is -2.67. The molecule has 1 heterocycles. The third kappa shape index (κ3) is 3.55. The quantitative estimate of drug-likeness (QED) is 0.728. The lowest BCUT2D eigenvalue weighted by molar-refractivity contribution is -0.128. The molecule has 4 aliphatic carbocycles. The highest BCUT2D eigenvalue weighted by molar-refractivity contribution is 6.32. The Kier molecular flexibility index (Phi) is 4.88. The number of carbonyl (C=O) groups excluding carboxylic acids is 1. The van der Waals surface area contributed by atoms with Gasteiger partial charge in [-0.3, -0.25) is 9.59 Å². The number of anilines is 1. The minimum atomic E-state index is -0.364. The molecule has 4 fully saturated rings. The van der Waals surface area contributed by atoms with Crippen molar-refractivity contribution >= 4 is 23.2 Å². The van der Waals surface area contributed by atoms with Crippen molar-refractivity contribution in [2.75, 3.05) is 5.32 Å². The van der Waals surface area contributed by atoms with Crippen LogP contribution >= 0.6 is 11.6 Å². The summed E-state index contributed by atoms with van der Waals surface area (Å²) in [5.74, 6) is 1.03. The molecule has 4 bridgehead atoms. The Hall–Kier alpha value is -2.34. The van der Waals surface area contributed by atoms with E-state index in [1.807, 2.05) is 37.3 Å². The maximum absolute atomic E-state index is 13.4. The third-order valence-electron chi connectivity index (χ3n) is 7.51. The molecular weight excluding hydrogens is 412 g/mol. The van der Waals surface area contributed by atoms with E-state index in [0.717, 1.165) is 37.7 Å². The van der Waals surface area contributed by atoms with Crippen molar-refractivity contribution in [3.63, 3.8) is 0 Å². The fourth-order valence-electron chi connectivity index (χ4n) is 6.91. The summed E-state index contributed by atoms with van der Waals surface area (Å²) in [6.07, 6.45) is 7.49. The van der Waals surface area contributed by atoms with Gasteiger partial charge in [0, 0.05) is 18.5 Å². The second kappa shape index (κ2) is 7.37. The van der Waals surface area contributed by atoms with Crippen molar-refractivity contribution in [3.8, 4) is 0 Å². The SMILES string of the molecule is CC(=O)NC12CC3CC(C1)CC(n1ncc(NC(C)c4ccccc4)c(Cl)c1=O)(C3)C2. The molecule has 3 atom stereocenters. The summed E-state index contributed by atoms with van der Waals surface area (Å²) in [7, 11) is 0. The lowest BCUT2D eigenvalue weighted by Gasteiger charge is -2.61. The van der Waals surface area contributed by atoms with Gasteiger partial charge in [0.05, 0.1) is 17.4 Å². The van der Waals surface area contributed by atoms with Crippen LogP contribution in [0, 0.1) is 11.8 Å². The molecule has 1 aromatic carbocycles. The summed E-state index contributed by atoms with van der Waals surface area (Å²) < 4.78 is 1.64. The Morgan fingerprint density at radius 3 is 2.52 bits per heavy atom. The Morgan fingerprint density at radius 1 is 1.19 bits per heavy atom. The Morgan fingerprint density at radius 2 is 1.87 bits per heavy atom. The van der Waals surface area contributed by atoms with E-state index >= 15 is 0 Å². The predicted octanol–water partition coefficient (Wildman–Crippen LogP) is 4.25. The van der Waals surface area contributed by atoms with Crippen molar-refractivity contribution in [2.45, 2.75) is 69.5 Å². The van der Waals surface area contributed by atoms with Gasteiger partial charge >= 0.3 is 0 Å². The summed E-state index contributed by atoms with van der Waals surface area (Å²) in [6, 6.07) is 10.0. The van der Waals surface area contributed by atoms with E-state index in [1.165, 1.54) is 6.42 Å². The van der Waals surface area contributed by atoms with Crippen LogP contribution in [-0.4, -0.2) is 21.2 Å². The summed E-state index contributed by atoms with van der Waals surface area (Å²) in [5, 5.41) is 11.4. The zero-order valence-electron chi connectivity index (χ0n) is 18.0. The van der Waals surface area contributed by atoms with Crippen LogP contribution in [0.3, 0.4) is 0 Å². The van der Waals surface area contributed by atoms with Gasteiger partial charge in [-0.2, -0.15) is 5.10 Å². The Labute approximate surface area is 187 Å². The minimum absolute atomic E-state index is 0.00154. The predicted molar refractivity (Wildman–Crippen MR) is 121 cm³/mol. The van der Waals surface area contributed by atoms with Crippen LogP contribution in [0.15, 0.2) is 41.3 Å². The molecule has 2 aromatic rings. The van der Waals surface area contributed by atoms with Crippen LogP contribution in [0.2, 0.25) is 5.02 Å². The molecule has 164 valence electrons. The second-order valence-electron chi connectivity index (χ2n) is 10.0. The molecule has 31 heavy (non-hydrogen) atoms. The number of hydrogen-bond acceptors (Lipinski definition) is 4. The number of nitrogens with one attached hydrogen (secondary N) is 2. The van der Waals surface area contributed by atoms with E-state index in [-0.39, 0.29) is 33.6 Å². The van der Waals surface area contributed by atoms with E-state index in [0.29, 0.717) is 17.5 Å². The number of halogens is 1. The van der Waals surface area contributed by atoms with Gasteiger partial charge < -0.3 is 10.6 Å². The molecule has 1 amide bonds. The van der Waals surface area contributed by atoms with E-state index in [9.17, 15) is 9.59 Å². The standard InChI is InChI=1S/C24H29ClN4O2/c1-15(19-6-4-3-5-7-19)27-20-13-26-29(22(31)21(20)25)24-11-17-8-18(12-24)10-23(9-17,14-24)28-16(2)30/h3-7,13,15,17-18,27H,8-12,14H2,1-2H3,(H,28,30). The first-order chi connectivity index (χ1) is 14.8. The molecule has 0 aliphatic heterocycles. The first-order valence-corrected chi connectivity index (χ1v) is 11.6. The van der Waals surface area contributed by atoms with Crippen molar-refractivity contribution in [2.24, 2.45) is 11.8 Å².